The zero-order valence-corrected chi connectivity index (χ0v) is 18.0. The Morgan fingerprint density at radius 2 is 1.90 bits per heavy atom. The van der Waals surface area contributed by atoms with Gasteiger partial charge in [-0.15, -0.1) is 0 Å². The van der Waals surface area contributed by atoms with E-state index in [2.05, 4.69) is 18.4 Å². The van der Waals surface area contributed by atoms with Gasteiger partial charge in [0.25, 0.3) is 5.91 Å². The molecule has 2 saturated heterocycles. The van der Waals surface area contributed by atoms with Crippen molar-refractivity contribution in [1.82, 2.24) is 15.1 Å². The summed E-state index contributed by atoms with van der Waals surface area (Å²) in [6, 6.07) is 0. The van der Waals surface area contributed by atoms with Crippen molar-refractivity contribution in [3.8, 4) is 11.3 Å². The smallest absolute Gasteiger partial charge is 0.287 e. The first kappa shape index (κ1) is 20.7. The summed E-state index contributed by atoms with van der Waals surface area (Å²) >= 11 is 0. The van der Waals surface area contributed by atoms with Crippen LogP contribution < -0.4 is 5.32 Å². The molecule has 168 valence electrons. The number of nitrogens with one attached hydrogen (secondary N) is 1. The van der Waals surface area contributed by atoms with Crippen LogP contribution in [0, 0.1) is 6.92 Å². The van der Waals surface area contributed by atoms with Crippen molar-refractivity contribution in [3.05, 3.63) is 28.8 Å². The Bertz CT molecular complexity index is 939. The Morgan fingerprint density at radius 1 is 1.16 bits per heavy atom. The lowest BCUT2D eigenvalue weighted by Gasteiger charge is -2.22. The second kappa shape index (κ2) is 8.74. The minimum atomic E-state index is -0.234. The number of fused-ring (bicyclic) bond motifs is 3. The first-order valence-corrected chi connectivity index (χ1v) is 11.0. The van der Waals surface area contributed by atoms with E-state index in [-0.39, 0.29) is 24.0 Å². The maximum absolute atomic E-state index is 12.8. The van der Waals surface area contributed by atoms with E-state index in [9.17, 15) is 4.79 Å². The predicted molar refractivity (Wildman–Crippen MR) is 110 cm³/mol. The van der Waals surface area contributed by atoms with Crippen molar-refractivity contribution >= 4 is 5.91 Å². The number of carbonyl (C=O) groups excluding carboxylic acids is 1. The van der Waals surface area contributed by atoms with Gasteiger partial charge in [-0.25, -0.2) is 0 Å². The topological polar surface area (TPSA) is 97.0 Å². The summed E-state index contributed by atoms with van der Waals surface area (Å²) in [5.74, 6) is 1.19. The fourth-order valence-electron chi connectivity index (χ4n) is 4.51. The van der Waals surface area contributed by atoms with Crippen LogP contribution in [0.25, 0.3) is 11.3 Å². The van der Waals surface area contributed by atoms with Crippen LogP contribution in [-0.4, -0.2) is 74.1 Å². The van der Waals surface area contributed by atoms with Crippen molar-refractivity contribution in [2.24, 2.45) is 0 Å². The maximum Gasteiger partial charge on any atom is 0.287 e. The van der Waals surface area contributed by atoms with Gasteiger partial charge in [0.15, 0.2) is 5.76 Å². The number of hydrogen-bond acceptors (Lipinski definition) is 7. The summed E-state index contributed by atoms with van der Waals surface area (Å²) in [4.78, 5) is 12.8. The predicted octanol–water partition coefficient (Wildman–Crippen LogP) is 1.67. The third-order valence-electron chi connectivity index (χ3n) is 6.13. The molecule has 3 atom stereocenters. The van der Waals surface area contributed by atoms with E-state index in [1.807, 2.05) is 11.6 Å². The number of carbonyl (C=O) groups is 1. The fourth-order valence-corrected chi connectivity index (χ4v) is 4.51. The van der Waals surface area contributed by atoms with Crippen LogP contribution in [-0.2, 0) is 31.9 Å². The number of nitrogens with zero attached hydrogens (tertiary/aromatic N) is 2. The van der Waals surface area contributed by atoms with Crippen molar-refractivity contribution in [2.75, 3.05) is 46.2 Å². The molecule has 0 spiro atoms. The Kier molecular flexibility index (Phi) is 5.83. The Balaban J connectivity index is 1.35. The molecule has 0 aromatic carbocycles. The van der Waals surface area contributed by atoms with Crippen LogP contribution in [0.5, 0.6) is 0 Å². The van der Waals surface area contributed by atoms with E-state index in [1.54, 1.807) is 0 Å². The zero-order valence-electron chi connectivity index (χ0n) is 18.0. The fraction of sp³-hybridized carbons (Fsp3) is 0.636. The second-order valence-corrected chi connectivity index (χ2v) is 8.46. The summed E-state index contributed by atoms with van der Waals surface area (Å²) in [5.41, 5.74) is 3.83. The van der Waals surface area contributed by atoms with Crippen LogP contribution in [0.3, 0.4) is 0 Å². The maximum atomic E-state index is 12.8. The molecule has 4 heterocycles. The summed E-state index contributed by atoms with van der Waals surface area (Å²) in [7, 11) is 0. The third kappa shape index (κ3) is 4.15. The van der Waals surface area contributed by atoms with Gasteiger partial charge in [-0.1, -0.05) is 6.92 Å². The molecular weight excluding hydrogens is 402 g/mol. The minimum absolute atomic E-state index is 0.00245. The van der Waals surface area contributed by atoms with Crippen LogP contribution in [0.1, 0.15) is 40.3 Å². The van der Waals surface area contributed by atoms with Crippen molar-refractivity contribution in [3.63, 3.8) is 0 Å². The van der Waals surface area contributed by atoms with Crippen molar-refractivity contribution in [2.45, 2.75) is 44.9 Å². The van der Waals surface area contributed by atoms with E-state index >= 15 is 0 Å². The SMILES string of the molecule is Cc1c(C(=O)NC[C@@H]2COCCO2)oc2c1-c1nn(C[C@H]3COCCO3)cc1C(C)C2. The quantitative estimate of drug-likeness (QED) is 0.769. The molecule has 2 fully saturated rings. The van der Waals surface area contributed by atoms with Crippen LogP contribution in [0.15, 0.2) is 10.6 Å². The van der Waals surface area contributed by atoms with Crippen molar-refractivity contribution in [1.29, 1.82) is 0 Å². The average Bonchev–Trinajstić information content (AvgIpc) is 3.34. The molecule has 1 N–H and O–H groups in total. The molecule has 1 amide bonds. The molecule has 2 aromatic rings. The highest BCUT2D eigenvalue weighted by molar-refractivity contribution is 5.95. The number of rotatable bonds is 5. The minimum Gasteiger partial charge on any atom is -0.455 e. The highest BCUT2D eigenvalue weighted by atomic mass is 16.6. The Labute approximate surface area is 181 Å². The van der Waals surface area contributed by atoms with Crippen molar-refractivity contribution < 1.29 is 28.2 Å². The van der Waals surface area contributed by atoms with Gasteiger partial charge >= 0.3 is 0 Å². The summed E-state index contributed by atoms with van der Waals surface area (Å²) in [6.07, 6.45) is 2.71. The molecule has 0 radical (unpaired) electrons. The van der Waals surface area contributed by atoms with Crippen LogP contribution >= 0.6 is 0 Å². The lowest BCUT2D eigenvalue weighted by atomic mass is 9.86. The number of amides is 1. The number of ether oxygens (including phenoxy) is 4. The van der Waals surface area contributed by atoms with E-state index in [0.717, 1.165) is 29.0 Å². The summed E-state index contributed by atoms with van der Waals surface area (Å²) < 4.78 is 30.2. The van der Waals surface area contributed by atoms with Gasteiger partial charge in [0, 0.05) is 35.9 Å². The Hall–Kier alpha value is -2.20. The Morgan fingerprint density at radius 3 is 2.61 bits per heavy atom. The van der Waals surface area contributed by atoms with Crippen LogP contribution in [0.4, 0.5) is 0 Å². The second-order valence-electron chi connectivity index (χ2n) is 8.46. The third-order valence-corrected chi connectivity index (χ3v) is 6.13. The molecule has 9 nitrogen and oxygen atoms in total. The molecule has 2 aromatic heterocycles. The molecule has 1 aliphatic carbocycles. The monoisotopic (exact) mass is 431 g/mol. The molecule has 0 bridgehead atoms. The van der Waals surface area contributed by atoms with E-state index in [1.165, 1.54) is 5.56 Å². The first-order chi connectivity index (χ1) is 15.1. The molecule has 3 aliphatic rings. The van der Waals surface area contributed by atoms with Gasteiger partial charge in [0.05, 0.1) is 58.0 Å². The molecule has 2 aliphatic heterocycles. The average molecular weight is 431 g/mol. The molecule has 9 heteroatoms. The number of hydrogen-bond donors (Lipinski definition) is 1. The molecule has 31 heavy (non-hydrogen) atoms. The summed E-state index contributed by atoms with van der Waals surface area (Å²) in [5, 5.41) is 7.76. The highest BCUT2D eigenvalue weighted by Gasteiger charge is 2.33. The number of aromatic nitrogens is 2. The summed E-state index contributed by atoms with van der Waals surface area (Å²) in [6.45, 7) is 8.59. The molecule has 5 rings (SSSR count). The lowest BCUT2D eigenvalue weighted by Crippen LogP contribution is -2.39. The van der Waals surface area contributed by atoms with Gasteiger partial charge in [-0.2, -0.15) is 5.10 Å². The zero-order chi connectivity index (χ0) is 21.4. The van der Waals surface area contributed by atoms with Gasteiger partial charge < -0.3 is 28.7 Å². The lowest BCUT2D eigenvalue weighted by molar-refractivity contribution is -0.0946. The highest BCUT2D eigenvalue weighted by Crippen LogP contribution is 2.42. The number of furan rings is 1. The molecule has 0 saturated carbocycles. The standard InChI is InChI=1S/C22H29N3O6/c1-13-7-18-19(20-17(13)10-25(24-20)9-16-12-28-4-6-30-16)14(2)21(31-18)22(26)23-8-15-11-27-3-5-29-15/h10,13,15-16H,3-9,11-12H2,1-2H3,(H,23,26)/t13?,15-,16+/m1/s1. The normalized spacial score (nSPS) is 25.7. The van der Waals surface area contributed by atoms with E-state index < -0.39 is 0 Å². The molecule has 1 unspecified atom stereocenters. The van der Waals surface area contributed by atoms with Gasteiger partial charge in [-0.3, -0.25) is 9.48 Å². The largest absolute Gasteiger partial charge is 0.455 e. The van der Waals surface area contributed by atoms with Gasteiger partial charge in [0.1, 0.15) is 11.9 Å². The van der Waals surface area contributed by atoms with Gasteiger partial charge in [0.2, 0.25) is 0 Å². The van der Waals surface area contributed by atoms with E-state index in [0.29, 0.717) is 58.5 Å². The van der Waals surface area contributed by atoms with Gasteiger partial charge in [-0.05, 0) is 12.8 Å². The first-order valence-electron chi connectivity index (χ1n) is 11.0. The van der Waals surface area contributed by atoms with E-state index in [4.69, 9.17) is 28.5 Å². The molecular formula is C22H29N3O6. The van der Waals surface area contributed by atoms with Crippen LogP contribution in [0.2, 0.25) is 0 Å².